The van der Waals surface area contributed by atoms with Crippen molar-refractivity contribution in [1.82, 2.24) is 10.2 Å². The number of hydrogen-bond donors (Lipinski definition) is 1. The number of rotatable bonds is 12. The van der Waals surface area contributed by atoms with E-state index < -0.39 is 28.5 Å². The number of nitrogens with zero attached hydrogens (tertiary/aromatic N) is 2. The van der Waals surface area contributed by atoms with Crippen LogP contribution in [0.4, 0.5) is 5.69 Å². The van der Waals surface area contributed by atoms with Crippen LogP contribution in [0.15, 0.2) is 71.6 Å². The first kappa shape index (κ1) is 33.4. The van der Waals surface area contributed by atoms with Gasteiger partial charge in [0.1, 0.15) is 12.6 Å². The summed E-state index contributed by atoms with van der Waals surface area (Å²) in [5.74, 6) is -0.295. The summed E-state index contributed by atoms with van der Waals surface area (Å²) in [6.45, 7) is 1.08. The van der Waals surface area contributed by atoms with Crippen molar-refractivity contribution in [3.8, 4) is 11.5 Å². The molecule has 2 amide bonds. The Morgan fingerprint density at radius 2 is 1.59 bits per heavy atom. The molecule has 0 bridgehead atoms. The third-order valence-corrected chi connectivity index (χ3v) is 10.2. The highest BCUT2D eigenvalue weighted by Crippen LogP contribution is 2.32. The molecule has 1 saturated carbocycles. The average Bonchev–Trinajstić information content (AvgIpc) is 3.04. The van der Waals surface area contributed by atoms with Crippen LogP contribution in [-0.2, 0) is 26.2 Å². The summed E-state index contributed by atoms with van der Waals surface area (Å²) in [6.07, 6.45) is 4.96. The Bertz CT molecular complexity index is 1570. The van der Waals surface area contributed by atoms with Gasteiger partial charge in [0.15, 0.2) is 11.5 Å². The summed E-state index contributed by atoms with van der Waals surface area (Å²) >= 11 is 12.4. The van der Waals surface area contributed by atoms with Crippen LogP contribution < -0.4 is 19.1 Å². The van der Waals surface area contributed by atoms with E-state index in [9.17, 15) is 18.0 Å². The molecule has 44 heavy (non-hydrogen) atoms. The Hall–Kier alpha value is -3.47. The summed E-state index contributed by atoms with van der Waals surface area (Å²) in [7, 11) is -1.42. The van der Waals surface area contributed by atoms with Crippen LogP contribution in [-0.4, -0.2) is 58.0 Å². The quantitative estimate of drug-likeness (QED) is 0.253. The fourth-order valence-electron chi connectivity index (χ4n) is 5.21. The highest BCUT2D eigenvalue weighted by molar-refractivity contribution is 7.92. The number of carbonyl (C=O) groups is 2. The topological polar surface area (TPSA) is 105 Å². The molecule has 0 aromatic heterocycles. The van der Waals surface area contributed by atoms with E-state index in [-0.39, 0.29) is 34.8 Å². The monoisotopic (exact) mass is 661 g/mol. The summed E-state index contributed by atoms with van der Waals surface area (Å²) in [6, 6.07) is 16.7. The van der Waals surface area contributed by atoms with Crippen LogP contribution in [0, 0.1) is 0 Å². The fourth-order valence-corrected chi connectivity index (χ4v) is 6.96. The van der Waals surface area contributed by atoms with E-state index in [1.54, 1.807) is 55.5 Å². The first-order valence-corrected chi connectivity index (χ1v) is 16.6. The van der Waals surface area contributed by atoms with Gasteiger partial charge in [-0.2, -0.15) is 0 Å². The molecule has 0 heterocycles. The van der Waals surface area contributed by atoms with Gasteiger partial charge in [0.25, 0.3) is 10.0 Å². The molecule has 1 atom stereocenters. The molecular formula is C32H37Cl2N3O6S. The van der Waals surface area contributed by atoms with Crippen molar-refractivity contribution in [3.05, 3.63) is 82.3 Å². The first-order valence-electron chi connectivity index (χ1n) is 14.4. The molecule has 1 aliphatic rings. The summed E-state index contributed by atoms with van der Waals surface area (Å²) in [5, 5.41) is 3.75. The number of methoxy groups -OCH3 is 2. The van der Waals surface area contributed by atoms with E-state index in [2.05, 4.69) is 5.32 Å². The maximum absolute atomic E-state index is 14.2. The summed E-state index contributed by atoms with van der Waals surface area (Å²) < 4.78 is 39.9. The molecule has 1 N–H and O–H groups in total. The van der Waals surface area contributed by atoms with E-state index in [1.165, 1.54) is 37.3 Å². The van der Waals surface area contributed by atoms with Gasteiger partial charge in [-0.3, -0.25) is 13.9 Å². The zero-order chi connectivity index (χ0) is 31.9. The van der Waals surface area contributed by atoms with Gasteiger partial charge in [0, 0.05) is 18.7 Å². The molecule has 0 spiro atoms. The Kier molecular flexibility index (Phi) is 11.4. The van der Waals surface area contributed by atoms with Gasteiger partial charge < -0.3 is 19.7 Å². The molecule has 4 rings (SSSR count). The Balaban J connectivity index is 1.70. The van der Waals surface area contributed by atoms with Gasteiger partial charge in [-0.15, -0.1) is 0 Å². The second-order valence-corrected chi connectivity index (χ2v) is 13.3. The van der Waals surface area contributed by atoms with Crippen LogP contribution in [0.1, 0.15) is 44.6 Å². The number of halogens is 2. The van der Waals surface area contributed by atoms with E-state index >= 15 is 0 Å². The highest BCUT2D eigenvalue weighted by Gasteiger charge is 2.33. The SMILES string of the molecule is COc1ccc(S(=O)(=O)N(CC(=O)N(Cc2ccc(Cl)c(Cl)c2)C(C)C(=O)NC2CCCCC2)c2ccccc2)cc1OC. The molecule has 0 radical (unpaired) electrons. The molecule has 3 aromatic carbocycles. The Morgan fingerprint density at radius 1 is 0.909 bits per heavy atom. The maximum Gasteiger partial charge on any atom is 0.264 e. The number of hydrogen-bond acceptors (Lipinski definition) is 6. The van der Waals surface area contributed by atoms with Crippen LogP contribution in [0.25, 0.3) is 0 Å². The molecular weight excluding hydrogens is 625 g/mol. The highest BCUT2D eigenvalue weighted by atomic mass is 35.5. The molecule has 1 aliphatic carbocycles. The second-order valence-electron chi connectivity index (χ2n) is 10.7. The van der Waals surface area contributed by atoms with Crippen LogP contribution in [0.2, 0.25) is 10.0 Å². The molecule has 12 heteroatoms. The van der Waals surface area contributed by atoms with E-state index in [0.29, 0.717) is 21.4 Å². The zero-order valence-electron chi connectivity index (χ0n) is 25.0. The van der Waals surface area contributed by atoms with Gasteiger partial charge in [0.2, 0.25) is 11.8 Å². The molecule has 0 aliphatic heterocycles. The van der Waals surface area contributed by atoms with Crippen LogP contribution >= 0.6 is 23.2 Å². The normalized spacial score (nSPS) is 14.4. The van der Waals surface area contributed by atoms with Crippen molar-refractivity contribution in [2.24, 2.45) is 0 Å². The minimum atomic E-state index is -4.28. The standard InChI is InChI=1S/C32H37Cl2N3O6S/c1-22(32(39)35-24-10-6-4-7-11-24)36(20-23-14-16-27(33)28(34)18-23)31(38)21-37(25-12-8-5-9-13-25)44(40,41)26-15-17-29(42-2)30(19-26)43-3/h5,8-9,12-19,22,24H,4,6-7,10-11,20-21H2,1-3H3,(H,35,39). The van der Waals surface area contributed by atoms with E-state index in [4.69, 9.17) is 32.7 Å². The molecule has 1 fully saturated rings. The second kappa shape index (κ2) is 15.0. The Morgan fingerprint density at radius 3 is 2.23 bits per heavy atom. The lowest BCUT2D eigenvalue weighted by Gasteiger charge is -2.33. The van der Waals surface area contributed by atoms with Gasteiger partial charge in [0.05, 0.1) is 34.8 Å². The lowest BCUT2D eigenvalue weighted by atomic mass is 9.95. The predicted molar refractivity (Wildman–Crippen MR) is 172 cm³/mol. The predicted octanol–water partition coefficient (Wildman–Crippen LogP) is 6.07. The summed E-state index contributed by atoms with van der Waals surface area (Å²) in [5.41, 5.74) is 0.920. The van der Waals surface area contributed by atoms with Crippen molar-refractivity contribution in [3.63, 3.8) is 0 Å². The summed E-state index contributed by atoms with van der Waals surface area (Å²) in [4.78, 5) is 28.9. The molecule has 236 valence electrons. The third kappa shape index (κ3) is 7.97. The number of ether oxygens (including phenoxy) is 2. The first-order chi connectivity index (χ1) is 21.0. The number of nitrogens with one attached hydrogen (secondary N) is 1. The van der Waals surface area contributed by atoms with Crippen molar-refractivity contribution >= 4 is 50.7 Å². The molecule has 0 saturated heterocycles. The lowest BCUT2D eigenvalue weighted by Crippen LogP contribution is -2.53. The fraction of sp³-hybridized carbons (Fsp3) is 0.375. The number of benzene rings is 3. The number of carbonyl (C=O) groups excluding carboxylic acids is 2. The molecule has 1 unspecified atom stereocenters. The number of anilines is 1. The van der Waals surface area contributed by atoms with Crippen molar-refractivity contribution in [2.45, 2.75) is 62.6 Å². The van der Waals surface area contributed by atoms with E-state index in [0.717, 1.165) is 36.4 Å². The van der Waals surface area contributed by atoms with Crippen molar-refractivity contribution in [2.75, 3.05) is 25.1 Å². The molecule has 3 aromatic rings. The molecule has 9 nitrogen and oxygen atoms in total. The number of amides is 2. The van der Waals surface area contributed by atoms with Gasteiger partial charge in [-0.1, -0.05) is 66.7 Å². The van der Waals surface area contributed by atoms with Crippen LogP contribution in [0.3, 0.4) is 0 Å². The smallest absolute Gasteiger partial charge is 0.264 e. The van der Waals surface area contributed by atoms with Crippen molar-refractivity contribution in [1.29, 1.82) is 0 Å². The number of sulfonamides is 1. The largest absolute Gasteiger partial charge is 0.493 e. The minimum absolute atomic E-state index is 0.00795. The maximum atomic E-state index is 14.2. The van der Waals surface area contributed by atoms with Gasteiger partial charge in [-0.25, -0.2) is 8.42 Å². The Labute approximate surface area is 269 Å². The third-order valence-electron chi connectivity index (χ3n) is 7.72. The average molecular weight is 663 g/mol. The zero-order valence-corrected chi connectivity index (χ0v) is 27.3. The number of para-hydroxylation sites is 1. The van der Waals surface area contributed by atoms with Crippen LogP contribution in [0.5, 0.6) is 11.5 Å². The van der Waals surface area contributed by atoms with E-state index in [1.807, 2.05) is 0 Å². The van der Waals surface area contributed by atoms with Gasteiger partial charge >= 0.3 is 0 Å². The van der Waals surface area contributed by atoms with Gasteiger partial charge in [-0.05, 0) is 61.7 Å². The minimum Gasteiger partial charge on any atom is -0.493 e. The lowest BCUT2D eigenvalue weighted by molar-refractivity contribution is -0.139. The van der Waals surface area contributed by atoms with Crippen molar-refractivity contribution < 1.29 is 27.5 Å².